The van der Waals surface area contributed by atoms with Gasteiger partial charge in [-0.25, -0.2) is 0 Å². The summed E-state index contributed by atoms with van der Waals surface area (Å²) < 4.78 is 5.04. The number of carbonyl (C=O) groups is 2. The smallest absolute Gasteiger partial charge is 0.321 e. The Labute approximate surface area is 138 Å². The quantitative estimate of drug-likeness (QED) is 0.458. The molecule has 0 aromatic heterocycles. The summed E-state index contributed by atoms with van der Waals surface area (Å²) in [7, 11) is 0. The van der Waals surface area contributed by atoms with E-state index in [1.54, 1.807) is 37.3 Å². The molecule has 1 atom stereocenters. The van der Waals surface area contributed by atoms with E-state index in [2.05, 4.69) is 0 Å². The van der Waals surface area contributed by atoms with Crippen molar-refractivity contribution < 1.29 is 14.3 Å². The molecule has 0 aliphatic heterocycles. The fourth-order valence-electron chi connectivity index (χ4n) is 2.08. The maximum absolute atomic E-state index is 12.7. The zero-order valence-corrected chi connectivity index (χ0v) is 13.4. The van der Waals surface area contributed by atoms with Gasteiger partial charge in [-0.05, 0) is 30.7 Å². The molecule has 2 rings (SSSR count). The van der Waals surface area contributed by atoms with E-state index in [-0.39, 0.29) is 17.4 Å². The summed E-state index contributed by atoms with van der Waals surface area (Å²) in [5.74, 6) is -1.97. The minimum Gasteiger partial charge on any atom is -0.465 e. The highest BCUT2D eigenvalue weighted by atomic mass is 35.5. The first kappa shape index (κ1) is 16.5. The molecule has 0 aliphatic carbocycles. The Morgan fingerprint density at radius 1 is 1.05 bits per heavy atom. The highest BCUT2D eigenvalue weighted by Crippen LogP contribution is 2.27. The van der Waals surface area contributed by atoms with Crippen LogP contribution in [0.15, 0.2) is 48.5 Å². The van der Waals surface area contributed by atoms with Crippen LogP contribution in [-0.4, -0.2) is 18.4 Å². The van der Waals surface area contributed by atoms with Crippen LogP contribution in [0.2, 0.25) is 10.0 Å². The molecule has 2 aromatic carbocycles. The lowest BCUT2D eigenvalue weighted by Gasteiger charge is -2.15. The maximum atomic E-state index is 12.7. The molecule has 5 heteroatoms. The van der Waals surface area contributed by atoms with Gasteiger partial charge < -0.3 is 4.74 Å². The molecule has 0 heterocycles. The first-order chi connectivity index (χ1) is 10.5. The average molecular weight is 337 g/mol. The Bertz CT molecular complexity index is 684. The molecule has 0 spiro atoms. The van der Waals surface area contributed by atoms with E-state index in [0.717, 1.165) is 0 Å². The fraction of sp³-hybridized carbons (Fsp3) is 0.176. The Kier molecular flexibility index (Phi) is 5.58. The van der Waals surface area contributed by atoms with Gasteiger partial charge in [0.1, 0.15) is 5.92 Å². The summed E-state index contributed by atoms with van der Waals surface area (Å²) in [6, 6.07) is 13.3. The molecule has 0 aliphatic rings. The van der Waals surface area contributed by atoms with Gasteiger partial charge in [-0.15, -0.1) is 0 Å². The van der Waals surface area contributed by atoms with Gasteiger partial charge in [0, 0.05) is 5.56 Å². The molecule has 2 aromatic rings. The second-order valence-electron chi connectivity index (χ2n) is 4.59. The summed E-state index contributed by atoms with van der Waals surface area (Å²) in [4.78, 5) is 24.9. The number of hydrogen-bond acceptors (Lipinski definition) is 3. The summed E-state index contributed by atoms with van der Waals surface area (Å²) in [6.45, 7) is 1.90. The Morgan fingerprint density at radius 2 is 1.73 bits per heavy atom. The first-order valence-electron chi connectivity index (χ1n) is 6.75. The van der Waals surface area contributed by atoms with Crippen LogP contribution in [0.4, 0.5) is 0 Å². The van der Waals surface area contributed by atoms with Crippen molar-refractivity contribution >= 4 is 35.0 Å². The summed E-state index contributed by atoms with van der Waals surface area (Å²) in [5.41, 5.74) is 0.897. The minimum absolute atomic E-state index is 0.205. The van der Waals surface area contributed by atoms with Crippen molar-refractivity contribution in [3.8, 4) is 0 Å². The van der Waals surface area contributed by atoms with Gasteiger partial charge in [0.05, 0.1) is 16.7 Å². The molecule has 0 radical (unpaired) electrons. The Hall–Kier alpha value is -1.84. The topological polar surface area (TPSA) is 43.4 Å². The molecule has 0 saturated carbocycles. The largest absolute Gasteiger partial charge is 0.465 e. The molecular formula is C17H14Cl2O3. The van der Waals surface area contributed by atoms with Gasteiger partial charge in [-0.1, -0.05) is 53.5 Å². The number of hydrogen-bond donors (Lipinski definition) is 0. The number of halogens is 2. The zero-order chi connectivity index (χ0) is 16.1. The van der Waals surface area contributed by atoms with Crippen LogP contribution >= 0.6 is 23.2 Å². The second kappa shape index (κ2) is 7.43. The third kappa shape index (κ3) is 3.67. The van der Waals surface area contributed by atoms with Gasteiger partial charge in [0.15, 0.2) is 5.78 Å². The SMILES string of the molecule is CCOC(=O)[C@H](C(=O)c1ccc(Cl)c(Cl)c1)c1ccccc1. The van der Waals surface area contributed by atoms with Crippen LogP contribution in [-0.2, 0) is 9.53 Å². The lowest BCUT2D eigenvalue weighted by molar-refractivity contribution is -0.143. The van der Waals surface area contributed by atoms with Crippen molar-refractivity contribution in [3.05, 3.63) is 69.7 Å². The van der Waals surface area contributed by atoms with Crippen molar-refractivity contribution in [1.82, 2.24) is 0 Å². The maximum Gasteiger partial charge on any atom is 0.321 e. The van der Waals surface area contributed by atoms with E-state index < -0.39 is 11.9 Å². The van der Waals surface area contributed by atoms with E-state index in [1.165, 1.54) is 12.1 Å². The van der Waals surface area contributed by atoms with Crippen molar-refractivity contribution in [2.75, 3.05) is 6.61 Å². The second-order valence-corrected chi connectivity index (χ2v) is 5.40. The van der Waals surface area contributed by atoms with Crippen LogP contribution in [0.25, 0.3) is 0 Å². The number of ether oxygens (including phenoxy) is 1. The van der Waals surface area contributed by atoms with Crippen molar-refractivity contribution in [1.29, 1.82) is 0 Å². The van der Waals surface area contributed by atoms with Crippen LogP contribution in [0.3, 0.4) is 0 Å². The molecule has 0 amide bonds. The van der Waals surface area contributed by atoms with Crippen LogP contribution < -0.4 is 0 Å². The lowest BCUT2D eigenvalue weighted by atomic mass is 9.90. The number of benzene rings is 2. The highest BCUT2D eigenvalue weighted by Gasteiger charge is 2.30. The summed E-state index contributed by atoms with van der Waals surface area (Å²) >= 11 is 11.8. The van der Waals surface area contributed by atoms with E-state index in [0.29, 0.717) is 16.1 Å². The third-order valence-electron chi connectivity index (χ3n) is 3.12. The molecular weight excluding hydrogens is 323 g/mol. The molecule has 0 bridgehead atoms. The van der Waals surface area contributed by atoms with Crippen LogP contribution in [0.1, 0.15) is 28.8 Å². The number of ketones is 1. The fourth-order valence-corrected chi connectivity index (χ4v) is 2.38. The molecule has 0 N–H and O–H groups in total. The van der Waals surface area contributed by atoms with Gasteiger partial charge in [0.2, 0.25) is 0 Å². The molecule has 114 valence electrons. The average Bonchev–Trinajstić information content (AvgIpc) is 2.51. The highest BCUT2D eigenvalue weighted by molar-refractivity contribution is 6.42. The summed E-state index contributed by atoms with van der Waals surface area (Å²) in [5, 5.41) is 0.619. The lowest BCUT2D eigenvalue weighted by Crippen LogP contribution is -2.24. The first-order valence-corrected chi connectivity index (χ1v) is 7.51. The molecule has 0 unspecified atom stereocenters. The van der Waals surface area contributed by atoms with Gasteiger partial charge in [-0.2, -0.15) is 0 Å². The summed E-state index contributed by atoms with van der Waals surface area (Å²) in [6.07, 6.45) is 0. The predicted octanol–water partition coefficient (Wildman–Crippen LogP) is 4.52. The standard InChI is InChI=1S/C17H14Cl2O3/c1-2-22-17(21)15(11-6-4-3-5-7-11)16(20)12-8-9-13(18)14(19)10-12/h3-10,15H,2H2,1H3/t15-/m0/s1. The molecule has 22 heavy (non-hydrogen) atoms. The minimum atomic E-state index is -1.02. The Balaban J connectivity index is 2.42. The van der Waals surface area contributed by atoms with Gasteiger partial charge >= 0.3 is 5.97 Å². The van der Waals surface area contributed by atoms with Gasteiger partial charge in [-0.3, -0.25) is 9.59 Å². The van der Waals surface area contributed by atoms with Crippen LogP contribution in [0, 0.1) is 0 Å². The van der Waals surface area contributed by atoms with E-state index in [1.807, 2.05) is 6.07 Å². The van der Waals surface area contributed by atoms with Crippen molar-refractivity contribution in [2.45, 2.75) is 12.8 Å². The monoisotopic (exact) mass is 336 g/mol. The number of rotatable bonds is 5. The number of carbonyl (C=O) groups excluding carboxylic acids is 2. The third-order valence-corrected chi connectivity index (χ3v) is 3.86. The van der Waals surface area contributed by atoms with E-state index >= 15 is 0 Å². The molecule has 0 saturated heterocycles. The van der Waals surface area contributed by atoms with E-state index in [9.17, 15) is 9.59 Å². The Morgan fingerprint density at radius 3 is 2.32 bits per heavy atom. The normalized spacial score (nSPS) is 11.8. The molecule has 3 nitrogen and oxygen atoms in total. The van der Waals surface area contributed by atoms with E-state index in [4.69, 9.17) is 27.9 Å². The number of Topliss-reactive ketones (excluding diaryl/α,β-unsaturated/α-hetero) is 1. The molecule has 0 fully saturated rings. The number of esters is 1. The van der Waals surface area contributed by atoms with Gasteiger partial charge in [0.25, 0.3) is 0 Å². The predicted molar refractivity (Wildman–Crippen MR) is 86.6 cm³/mol. The van der Waals surface area contributed by atoms with Crippen molar-refractivity contribution in [3.63, 3.8) is 0 Å². The zero-order valence-electron chi connectivity index (χ0n) is 11.9. The van der Waals surface area contributed by atoms with Crippen LogP contribution in [0.5, 0.6) is 0 Å². The van der Waals surface area contributed by atoms with Crippen molar-refractivity contribution in [2.24, 2.45) is 0 Å².